The molecule has 0 amide bonds. The van der Waals surface area contributed by atoms with Gasteiger partial charge in [-0.3, -0.25) is 4.79 Å². The van der Waals surface area contributed by atoms with Crippen LogP contribution in [-0.4, -0.2) is 34.1 Å². The van der Waals surface area contributed by atoms with Crippen molar-refractivity contribution in [1.29, 1.82) is 5.26 Å². The van der Waals surface area contributed by atoms with E-state index >= 15 is 0 Å². The summed E-state index contributed by atoms with van der Waals surface area (Å²) in [5, 5.41) is 17.7. The number of carboxylic acid groups (broad SMARTS) is 1. The molecular formula is C12H16N4O2. The molecule has 0 spiro atoms. The first-order valence-corrected chi connectivity index (χ1v) is 5.65. The lowest BCUT2D eigenvalue weighted by Crippen LogP contribution is -2.34. The van der Waals surface area contributed by atoms with Crippen LogP contribution in [0.15, 0.2) is 6.07 Å². The van der Waals surface area contributed by atoms with E-state index in [4.69, 9.17) is 10.4 Å². The molecule has 0 atom stereocenters. The fourth-order valence-electron chi connectivity index (χ4n) is 1.57. The maximum atomic E-state index is 10.8. The van der Waals surface area contributed by atoms with Gasteiger partial charge in [0, 0.05) is 12.2 Å². The molecule has 18 heavy (non-hydrogen) atoms. The average Bonchev–Trinajstić information content (AvgIpc) is 2.26. The molecule has 6 heteroatoms. The van der Waals surface area contributed by atoms with E-state index in [0.29, 0.717) is 18.2 Å². The van der Waals surface area contributed by atoms with Crippen molar-refractivity contribution in [3.63, 3.8) is 0 Å². The van der Waals surface area contributed by atoms with Gasteiger partial charge in [-0.05, 0) is 18.9 Å². The molecule has 1 N–H and O–H groups in total. The number of anilines is 1. The number of carboxylic acids is 1. The summed E-state index contributed by atoms with van der Waals surface area (Å²) < 4.78 is 0. The highest BCUT2D eigenvalue weighted by Gasteiger charge is 2.16. The zero-order valence-electron chi connectivity index (χ0n) is 10.7. The molecule has 0 fully saturated rings. The van der Waals surface area contributed by atoms with Gasteiger partial charge in [0.1, 0.15) is 18.3 Å². The Labute approximate surface area is 106 Å². The lowest BCUT2D eigenvalue weighted by molar-refractivity contribution is -0.135. The number of hydrogen-bond donors (Lipinski definition) is 1. The van der Waals surface area contributed by atoms with Crippen LogP contribution in [0.5, 0.6) is 0 Å². The summed E-state index contributed by atoms with van der Waals surface area (Å²) in [5.74, 6) is -0.374. The first-order chi connectivity index (χ1) is 8.42. The van der Waals surface area contributed by atoms with Crippen molar-refractivity contribution in [3.8, 4) is 6.07 Å². The third-order valence-electron chi connectivity index (χ3n) is 2.15. The van der Waals surface area contributed by atoms with E-state index < -0.39 is 5.97 Å². The molecule has 0 radical (unpaired) electrons. The molecule has 1 aromatic rings. The van der Waals surface area contributed by atoms with E-state index in [1.807, 2.05) is 19.9 Å². The number of nitriles is 1. The highest BCUT2D eigenvalue weighted by Crippen LogP contribution is 2.12. The number of aliphatic carboxylic acids is 1. The number of nitrogens with zero attached hydrogens (tertiary/aromatic N) is 4. The second kappa shape index (κ2) is 5.96. The van der Waals surface area contributed by atoms with E-state index in [9.17, 15) is 4.79 Å². The van der Waals surface area contributed by atoms with Gasteiger partial charge < -0.3 is 10.0 Å². The molecule has 0 aliphatic carbocycles. The Kier molecular flexibility index (Phi) is 4.60. The van der Waals surface area contributed by atoms with Gasteiger partial charge in [0.15, 0.2) is 0 Å². The minimum Gasteiger partial charge on any atom is -0.480 e. The monoisotopic (exact) mass is 248 g/mol. The Morgan fingerprint density at radius 3 is 2.72 bits per heavy atom. The molecule has 1 heterocycles. The van der Waals surface area contributed by atoms with Gasteiger partial charge in [-0.25, -0.2) is 9.97 Å². The average molecular weight is 248 g/mol. The minimum absolute atomic E-state index is 0.174. The minimum atomic E-state index is -0.945. The van der Waals surface area contributed by atoms with Crippen LogP contribution in [0.2, 0.25) is 0 Å². The molecule has 0 saturated heterocycles. The fraction of sp³-hybridized carbons (Fsp3) is 0.500. The SMILES string of the molecule is Cc1cc(C#N)nc(N(CC(=O)O)CC(C)C)n1. The zero-order valence-corrected chi connectivity index (χ0v) is 10.7. The third-order valence-corrected chi connectivity index (χ3v) is 2.15. The van der Waals surface area contributed by atoms with Crippen LogP contribution in [0.25, 0.3) is 0 Å². The highest BCUT2D eigenvalue weighted by molar-refractivity contribution is 5.72. The first kappa shape index (κ1) is 13.9. The molecule has 0 saturated carbocycles. The lowest BCUT2D eigenvalue weighted by atomic mass is 10.2. The van der Waals surface area contributed by atoms with Gasteiger partial charge in [0.25, 0.3) is 0 Å². The van der Waals surface area contributed by atoms with Crippen molar-refractivity contribution in [1.82, 2.24) is 9.97 Å². The Morgan fingerprint density at radius 1 is 1.56 bits per heavy atom. The molecule has 0 aliphatic heterocycles. The van der Waals surface area contributed by atoms with E-state index in [2.05, 4.69) is 9.97 Å². The van der Waals surface area contributed by atoms with Gasteiger partial charge in [-0.2, -0.15) is 5.26 Å². The van der Waals surface area contributed by atoms with E-state index in [1.165, 1.54) is 0 Å². The van der Waals surface area contributed by atoms with Crippen LogP contribution in [0, 0.1) is 24.2 Å². The van der Waals surface area contributed by atoms with Gasteiger partial charge in [0.2, 0.25) is 5.95 Å². The van der Waals surface area contributed by atoms with E-state index in [1.54, 1.807) is 17.9 Å². The second-order valence-electron chi connectivity index (χ2n) is 4.47. The summed E-state index contributed by atoms with van der Waals surface area (Å²) in [6.07, 6.45) is 0. The number of carbonyl (C=O) groups is 1. The van der Waals surface area contributed by atoms with Crippen LogP contribution < -0.4 is 4.90 Å². The van der Waals surface area contributed by atoms with Gasteiger partial charge in [-0.15, -0.1) is 0 Å². The van der Waals surface area contributed by atoms with Crippen molar-refractivity contribution >= 4 is 11.9 Å². The molecule has 0 aliphatic rings. The summed E-state index contributed by atoms with van der Waals surface area (Å²) in [5.41, 5.74) is 0.896. The Morgan fingerprint density at radius 2 is 2.22 bits per heavy atom. The van der Waals surface area contributed by atoms with E-state index in [-0.39, 0.29) is 18.2 Å². The van der Waals surface area contributed by atoms with Crippen LogP contribution >= 0.6 is 0 Å². The zero-order chi connectivity index (χ0) is 13.7. The third kappa shape index (κ3) is 4.01. The van der Waals surface area contributed by atoms with Gasteiger partial charge in [-0.1, -0.05) is 13.8 Å². The summed E-state index contributed by atoms with van der Waals surface area (Å²) in [4.78, 5) is 20.6. The van der Waals surface area contributed by atoms with Gasteiger partial charge >= 0.3 is 5.97 Å². The predicted molar refractivity (Wildman–Crippen MR) is 66.2 cm³/mol. The molecule has 0 unspecified atom stereocenters. The molecule has 6 nitrogen and oxygen atoms in total. The number of aryl methyl sites for hydroxylation is 1. The predicted octanol–water partition coefficient (Wildman–Crippen LogP) is 1.20. The maximum Gasteiger partial charge on any atom is 0.323 e. The Bertz CT molecular complexity index is 479. The van der Waals surface area contributed by atoms with Gasteiger partial charge in [0.05, 0.1) is 0 Å². The van der Waals surface area contributed by atoms with Crippen molar-refractivity contribution < 1.29 is 9.90 Å². The van der Waals surface area contributed by atoms with Crippen molar-refractivity contribution in [2.75, 3.05) is 18.0 Å². The molecule has 0 aromatic carbocycles. The molecule has 96 valence electrons. The summed E-state index contributed by atoms with van der Waals surface area (Å²) in [6, 6.07) is 3.51. The molecule has 0 bridgehead atoms. The summed E-state index contributed by atoms with van der Waals surface area (Å²) in [6.45, 7) is 6.07. The lowest BCUT2D eigenvalue weighted by Gasteiger charge is -2.22. The standard InChI is InChI=1S/C12H16N4O2/c1-8(2)6-16(7-11(17)18)12-14-9(3)4-10(5-13)15-12/h4,8H,6-7H2,1-3H3,(H,17,18). The topological polar surface area (TPSA) is 90.1 Å². The maximum absolute atomic E-state index is 10.8. The normalized spacial score (nSPS) is 10.2. The van der Waals surface area contributed by atoms with Crippen LogP contribution in [0.3, 0.4) is 0 Å². The molecule has 1 rings (SSSR count). The second-order valence-corrected chi connectivity index (χ2v) is 4.47. The fourth-order valence-corrected chi connectivity index (χ4v) is 1.57. The number of hydrogen-bond acceptors (Lipinski definition) is 5. The quantitative estimate of drug-likeness (QED) is 0.842. The van der Waals surface area contributed by atoms with Crippen LogP contribution in [0.4, 0.5) is 5.95 Å². The number of aromatic nitrogens is 2. The molecule has 1 aromatic heterocycles. The van der Waals surface area contributed by atoms with Crippen LogP contribution in [0.1, 0.15) is 25.2 Å². The van der Waals surface area contributed by atoms with Crippen molar-refractivity contribution in [2.45, 2.75) is 20.8 Å². The van der Waals surface area contributed by atoms with Crippen molar-refractivity contribution in [3.05, 3.63) is 17.5 Å². The Balaban J connectivity index is 3.07. The smallest absolute Gasteiger partial charge is 0.323 e. The van der Waals surface area contributed by atoms with Crippen molar-refractivity contribution in [2.24, 2.45) is 5.92 Å². The number of rotatable bonds is 5. The highest BCUT2D eigenvalue weighted by atomic mass is 16.4. The summed E-state index contributed by atoms with van der Waals surface area (Å²) in [7, 11) is 0. The first-order valence-electron chi connectivity index (χ1n) is 5.65. The largest absolute Gasteiger partial charge is 0.480 e. The Hall–Kier alpha value is -2.16. The molecular weight excluding hydrogens is 232 g/mol. The van der Waals surface area contributed by atoms with E-state index in [0.717, 1.165) is 0 Å². The van der Waals surface area contributed by atoms with Crippen LogP contribution in [-0.2, 0) is 4.79 Å². The summed E-state index contributed by atoms with van der Waals surface area (Å²) >= 11 is 0.